The van der Waals surface area contributed by atoms with Crippen molar-refractivity contribution in [1.29, 1.82) is 0 Å². The Morgan fingerprint density at radius 3 is 3.33 bits per heavy atom. The summed E-state index contributed by atoms with van der Waals surface area (Å²) in [7, 11) is 0. The van der Waals surface area contributed by atoms with E-state index in [2.05, 4.69) is 22.1 Å². The molecule has 0 unspecified atom stereocenters. The molecule has 0 aliphatic heterocycles. The molecule has 0 radical (unpaired) electrons. The number of aryl methyl sites for hydroxylation is 1. The molecule has 0 fully saturated rings. The lowest BCUT2D eigenvalue weighted by Crippen LogP contribution is -1.77. The van der Waals surface area contributed by atoms with Crippen LogP contribution in [-0.2, 0) is 6.42 Å². The highest BCUT2D eigenvalue weighted by Crippen LogP contribution is 2.15. The Morgan fingerprint density at radius 2 is 2.56 bits per heavy atom. The Morgan fingerprint density at radius 1 is 1.67 bits per heavy atom. The van der Waals surface area contributed by atoms with Crippen molar-refractivity contribution < 1.29 is 0 Å². The largest absolute Gasteiger partial charge is 0.345 e. The second kappa shape index (κ2) is 1.47. The first-order chi connectivity index (χ1) is 4.36. The lowest BCUT2D eigenvalue weighted by Gasteiger charge is -1.81. The van der Waals surface area contributed by atoms with Crippen LogP contribution < -0.4 is 0 Å². The third kappa shape index (κ3) is 0.593. The van der Waals surface area contributed by atoms with Gasteiger partial charge in [0.25, 0.3) is 0 Å². The van der Waals surface area contributed by atoms with E-state index in [1.54, 1.807) is 0 Å². The van der Waals surface area contributed by atoms with Gasteiger partial charge in [0.1, 0.15) is 5.82 Å². The number of hydrogen-bond donors (Lipinski definition) is 1. The Balaban J connectivity index is 2.61. The van der Waals surface area contributed by atoms with Gasteiger partial charge in [0.2, 0.25) is 0 Å². The fraction of sp³-hybridized carbons (Fsp3) is 0.286. The summed E-state index contributed by atoms with van der Waals surface area (Å²) in [5.41, 5.74) is 2.38. The van der Waals surface area contributed by atoms with Gasteiger partial charge in [0.05, 0.1) is 5.69 Å². The quantitative estimate of drug-likeness (QED) is 0.549. The number of H-pyrrole nitrogens is 1. The lowest BCUT2D eigenvalue weighted by molar-refractivity contribution is 1.10. The van der Waals surface area contributed by atoms with Crippen molar-refractivity contribution >= 4 is 6.08 Å². The molecule has 0 saturated heterocycles. The van der Waals surface area contributed by atoms with E-state index in [9.17, 15) is 0 Å². The molecule has 46 valence electrons. The molecule has 0 spiro atoms. The highest BCUT2D eigenvalue weighted by atomic mass is 14.9. The zero-order chi connectivity index (χ0) is 6.27. The van der Waals surface area contributed by atoms with Gasteiger partial charge in [-0.3, -0.25) is 0 Å². The summed E-state index contributed by atoms with van der Waals surface area (Å²) >= 11 is 0. The molecule has 2 heteroatoms. The summed E-state index contributed by atoms with van der Waals surface area (Å²) in [5.74, 6) is 1.02. The van der Waals surface area contributed by atoms with Gasteiger partial charge in [0.15, 0.2) is 0 Å². The summed E-state index contributed by atoms with van der Waals surface area (Å²) in [6, 6.07) is 0. The highest BCUT2D eigenvalue weighted by Gasteiger charge is 2.07. The van der Waals surface area contributed by atoms with Crippen LogP contribution in [0.2, 0.25) is 0 Å². The standard InChI is InChI=1S/C7H8N2/c1-5-8-6-3-2-4-7(6)9-5/h2-3H,4H2,1H3,(H,8,9). The van der Waals surface area contributed by atoms with Crippen LogP contribution in [0, 0.1) is 6.92 Å². The van der Waals surface area contributed by atoms with E-state index in [1.165, 1.54) is 5.69 Å². The number of allylic oxidation sites excluding steroid dienone is 1. The Bertz CT molecular complexity index is 258. The molecule has 0 saturated carbocycles. The molecule has 0 amide bonds. The fourth-order valence-corrected chi connectivity index (χ4v) is 1.14. The minimum absolute atomic E-state index is 1.02. The maximum Gasteiger partial charge on any atom is 0.103 e. The molecule has 1 heterocycles. The molecule has 2 rings (SSSR count). The van der Waals surface area contributed by atoms with Gasteiger partial charge in [-0.25, -0.2) is 4.98 Å². The van der Waals surface area contributed by atoms with Crippen LogP contribution in [0.4, 0.5) is 0 Å². The number of nitrogens with zero attached hydrogens (tertiary/aromatic N) is 1. The summed E-state index contributed by atoms with van der Waals surface area (Å²) in [5, 5.41) is 0. The Hall–Kier alpha value is -1.05. The molecule has 1 N–H and O–H groups in total. The van der Waals surface area contributed by atoms with E-state index in [0.717, 1.165) is 17.9 Å². The average molecular weight is 120 g/mol. The van der Waals surface area contributed by atoms with E-state index in [-0.39, 0.29) is 0 Å². The Labute approximate surface area is 53.6 Å². The number of aromatic nitrogens is 2. The molecule has 0 atom stereocenters. The first-order valence-electron chi connectivity index (χ1n) is 3.08. The molecule has 1 aromatic rings. The van der Waals surface area contributed by atoms with Crippen molar-refractivity contribution in [2.75, 3.05) is 0 Å². The van der Waals surface area contributed by atoms with Crippen LogP contribution in [0.5, 0.6) is 0 Å². The summed E-state index contributed by atoms with van der Waals surface area (Å²) in [6.07, 6.45) is 5.20. The molecule has 1 aromatic heterocycles. The molecular formula is C7H8N2. The number of aromatic amines is 1. The van der Waals surface area contributed by atoms with Crippen LogP contribution in [0.25, 0.3) is 6.08 Å². The van der Waals surface area contributed by atoms with Gasteiger partial charge in [-0.05, 0) is 13.0 Å². The van der Waals surface area contributed by atoms with Gasteiger partial charge in [-0.15, -0.1) is 0 Å². The van der Waals surface area contributed by atoms with E-state index in [4.69, 9.17) is 0 Å². The second-order valence-corrected chi connectivity index (χ2v) is 2.29. The Kier molecular flexibility index (Phi) is 0.781. The van der Waals surface area contributed by atoms with Crippen LogP contribution in [-0.4, -0.2) is 9.97 Å². The zero-order valence-electron chi connectivity index (χ0n) is 5.31. The van der Waals surface area contributed by atoms with Gasteiger partial charge in [-0.2, -0.15) is 0 Å². The molecule has 9 heavy (non-hydrogen) atoms. The van der Waals surface area contributed by atoms with Gasteiger partial charge in [-0.1, -0.05) is 6.08 Å². The minimum Gasteiger partial charge on any atom is -0.345 e. The number of nitrogens with one attached hydrogen (secondary N) is 1. The van der Waals surface area contributed by atoms with Crippen molar-refractivity contribution in [3.05, 3.63) is 23.3 Å². The molecule has 0 bridgehead atoms. The van der Waals surface area contributed by atoms with Gasteiger partial charge in [0, 0.05) is 12.1 Å². The monoisotopic (exact) mass is 120 g/mol. The van der Waals surface area contributed by atoms with Crippen LogP contribution >= 0.6 is 0 Å². The molecule has 1 aliphatic rings. The molecule has 2 nitrogen and oxygen atoms in total. The van der Waals surface area contributed by atoms with Gasteiger partial charge < -0.3 is 4.98 Å². The third-order valence-corrected chi connectivity index (χ3v) is 1.53. The van der Waals surface area contributed by atoms with Crippen molar-refractivity contribution in [2.24, 2.45) is 0 Å². The van der Waals surface area contributed by atoms with Crippen LogP contribution in [0.1, 0.15) is 17.2 Å². The predicted molar refractivity (Wildman–Crippen MR) is 36.1 cm³/mol. The first-order valence-corrected chi connectivity index (χ1v) is 3.08. The summed E-state index contributed by atoms with van der Waals surface area (Å²) in [4.78, 5) is 7.43. The summed E-state index contributed by atoms with van der Waals surface area (Å²) in [6.45, 7) is 1.98. The number of imidazole rings is 1. The van der Waals surface area contributed by atoms with E-state index < -0.39 is 0 Å². The second-order valence-electron chi connectivity index (χ2n) is 2.29. The minimum atomic E-state index is 1.02. The maximum absolute atomic E-state index is 4.25. The third-order valence-electron chi connectivity index (χ3n) is 1.53. The van der Waals surface area contributed by atoms with E-state index in [1.807, 2.05) is 6.92 Å². The topological polar surface area (TPSA) is 28.7 Å². The lowest BCUT2D eigenvalue weighted by atomic mass is 10.4. The predicted octanol–water partition coefficient (Wildman–Crippen LogP) is 1.29. The highest BCUT2D eigenvalue weighted by molar-refractivity contribution is 5.54. The number of rotatable bonds is 0. The van der Waals surface area contributed by atoms with Crippen LogP contribution in [0.15, 0.2) is 6.08 Å². The molecular weight excluding hydrogens is 112 g/mol. The average Bonchev–Trinajstić information content (AvgIpc) is 2.22. The van der Waals surface area contributed by atoms with Crippen molar-refractivity contribution in [1.82, 2.24) is 9.97 Å². The van der Waals surface area contributed by atoms with Crippen molar-refractivity contribution in [3.8, 4) is 0 Å². The normalized spacial score (nSPS) is 14.3. The smallest absolute Gasteiger partial charge is 0.103 e. The van der Waals surface area contributed by atoms with E-state index >= 15 is 0 Å². The summed E-state index contributed by atoms with van der Waals surface area (Å²) < 4.78 is 0. The maximum atomic E-state index is 4.25. The van der Waals surface area contributed by atoms with Gasteiger partial charge >= 0.3 is 0 Å². The number of fused-ring (bicyclic) bond motifs is 1. The molecule has 1 aliphatic carbocycles. The first kappa shape index (κ1) is 4.79. The van der Waals surface area contributed by atoms with Crippen LogP contribution in [0.3, 0.4) is 0 Å². The zero-order valence-corrected chi connectivity index (χ0v) is 5.31. The number of hydrogen-bond acceptors (Lipinski definition) is 1. The fourth-order valence-electron chi connectivity index (χ4n) is 1.14. The van der Waals surface area contributed by atoms with Crippen molar-refractivity contribution in [3.63, 3.8) is 0 Å². The molecule has 0 aromatic carbocycles. The SMILES string of the molecule is Cc1nc2c([nH]1)CC=C2. The van der Waals surface area contributed by atoms with Crippen molar-refractivity contribution in [2.45, 2.75) is 13.3 Å². The van der Waals surface area contributed by atoms with E-state index in [0.29, 0.717) is 0 Å².